The molecule has 1 aromatic carbocycles. The molecular weight excluding hydrogens is 260 g/mol. The summed E-state index contributed by atoms with van der Waals surface area (Å²) in [6, 6.07) is 9.20. The highest BCUT2D eigenvalue weighted by molar-refractivity contribution is 6.35. The second kappa shape index (κ2) is 5.17. The summed E-state index contributed by atoms with van der Waals surface area (Å²) >= 11 is 6.18. The van der Waals surface area contributed by atoms with Crippen LogP contribution in [0.15, 0.2) is 30.3 Å². The van der Waals surface area contributed by atoms with E-state index < -0.39 is 0 Å². The maximum atomic E-state index is 12.0. The summed E-state index contributed by atoms with van der Waals surface area (Å²) in [5, 5.41) is 4.34. The third-order valence-electron chi connectivity index (χ3n) is 3.43. The van der Waals surface area contributed by atoms with Crippen LogP contribution in [0.3, 0.4) is 0 Å². The summed E-state index contributed by atoms with van der Waals surface area (Å²) in [5.41, 5.74) is 1.14. The largest absolute Gasteiger partial charge is 0.351 e. The molecule has 1 fully saturated rings. The molecule has 19 heavy (non-hydrogen) atoms. The fourth-order valence-electron chi connectivity index (χ4n) is 2.14. The molecule has 1 aromatic heterocycles. The number of hydrogen-bond donors (Lipinski definition) is 1. The molecule has 0 atom stereocenters. The van der Waals surface area contributed by atoms with Crippen LogP contribution in [-0.2, 0) is 0 Å². The summed E-state index contributed by atoms with van der Waals surface area (Å²) in [6.45, 7) is 0.718. The first-order chi connectivity index (χ1) is 9.24. The van der Waals surface area contributed by atoms with E-state index in [1.165, 1.54) is 12.8 Å². The van der Waals surface area contributed by atoms with Crippen LogP contribution in [0.25, 0.3) is 10.9 Å². The Labute approximate surface area is 117 Å². The minimum absolute atomic E-state index is 0.145. The second-order valence-corrected chi connectivity index (χ2v) is 5.40. The van der Waals surface area contributed by atoms with Crippen molar-refractivity contribution >= 4 is 28.4 Å². The molecule has 1 aliphatic rings. The molecule has 4 heteroatoms. The zero-order chi connectivity index (χ0) is 13.2. The van der Waals surface area contributed by atoms with E-state index in [-0.39, 0.29) is 5.91 Å². The Hall–Kier alpha value is -1.61. The molecule has 3 nitrogen and oxygen atoms in total. The highest BCUT2D eigenvalue weighted by atomic mass is 35.5. The molecule has 1 amide bonds. The molecule has 1 heterocycles. The average molecular weight is 275 g/mol. The highest BCUT2D eigenvalue weighted by Crippen LogP contribution is 2.31. The van der Waals surface area contributed by atoms with Crippen molar-refractivity contribution in [2.75, 3.05) is 6.54 Å². The van der Waals surface area contributed by atoms with Gasteiger partial charge in [0.1, 0.15) is 5.69 Å². The van der Waals surface area contributed by atoms with Crippen LogP contribution < -0.4 is 5.32 Å². The maximum absolute atomic E-state index is 12.0. The minimum Gasteiger partial charge on any atom is -0.351 e. The molecular formula is C15H15ClN2O. The van der Waals surface area contributed by atoms with E-state index in [2.05, 4.69) is 10.3 Å². The summed E-state index contributed by atoms with van der Waals surface area (Å²) in [5.74, 6) is 0.668. The molecule has 1 saturated carbocycles. The zero-order valence-electron chi connectivity index (χ0n) is 10.5. The van der Waals surface area contributed by atoms with Crippen LogP contribution in [0, 0.1) is 5.92 Å². The van der Waals surface area contributed by atoms with Crippen LogP contribution in [0.4, 0.5) is 0 Å². The number of hydrogen-bond acceptors (Lipinski definition) is 2. The van der Waals surface area contributed by atoms with Crippen molar-refractivity contribution < 1.29 is 4.79 Å². The molecule has 2 aromatic rings. The van der Waals surface area contributed by atoms with Crippen molar-refractivity contribution in [3.63, 3.8) is 0 Å². The molecule has 1 N–H and O–H groups in total. The van der Waals surface area contributed by atoms with Gasteiger partial charge >= 0.3 is 0 Å². The Bertz CT molecular complexity index is 623. The molecule has 98 valence electrons. The lowest BCUT2D eigenvalue weighted by atomic mass is 10.2. The molecule has 0 unspecified atom stereocenters. The van der Waals surface area contributed by atoms with Crippen LogP contribution in [0.2, 0.25) is 5.02 Å². The van der Waals surface area contributed by atoms with Gasteiger partial charge in [0.05, 0.1) is 10.5 Å². The number of carbonyl (C=O) groups excluding carboxylic acids is 1. The van der Waals surface area contributed by atoms with Gasteiger partial charge in [0.15, 0.2) is 0 Å². The predicted molar refractivity (Wildman–Crippen MR) is 76.4 cm³/mol. The SMILES string of the molecule is O=C(NCCC1CC1)c1cc(Cl)c2ccccc2n1. The number of amides is 1. The fourth-order valence-corrected chi connectivity index (χ4v) is 2.40. The molecule has 0 bridgehead atoms. The normalized spacial score (nSPS) is 14.6. The number of halogens is 1. The summed E-state index contributed by atoms with van der Waals surface area (Å²) in [7, 11) is 0. The van der Waals surface area contributed by atoms with E-state index in [0.29, 0.717) is 10.7 Å². The van der Waals surface area contributed by atoms with Crippen LogP contribution in [0.5, 0.6) is 0 Å². The number of rotatable bonds is 4. The van der Waals surface area contributed by atoms with Crippen molar-refractivity contribution in [3.05, 3.63) is 41.0 Å². The number of nitrogens with zero attached hydrogens (tertiary/aromatic N) is 1. The average Bonchev–Trinajstić information content (AvgIpc) is 3.23. The molecule has 0 aliphatic heterocycles. The third-order valence-corrected chi connectivity index (χ3v) is 3.75. The lowest BCUT2D eigenvalue weighted by Crippen LogP contribution is -2.25. The van der Waals surface area contributed by atoms with Gasteiger partial charge in [-0.05, 0) is 24.5 Å². The summed E-state index contributed by atoms with van der Waals surface area (Å²) in [4.78, 5) is 16.4. The number of benzene rings is 1. The number of nitrogens with one attached hydrogen (secondary N) is 1. The third kappa shape index (κ3) is 2.87. The fraction of sp³-hybridized carbons (Fsp3) is 0.333. The second-order valence-electron chi connectivity index (χ2n) is 4.99. The topological polar surface area (TPSA) is 42.0 Å². The van der Waals surface area contributed by atoms with Crippen LogP contribution in [0.1, 0.15) is 29.8 Å². The first-order valence-electron chi connectivity index (χ1n) is 6.57. The van der Waals surface area contributed by atoms with Gasteiger partial charge < -0.3 is 5.32 Å². The number of fused-ring (bicyclic) bond motifs is 1. The zero-order valence-corrected chi connectivity index (χ0v) is 11.3. The van der Waals surface area contributed by atoms with Gasteiger partial charge in [-0.3, -0.25) is 4.79 Å². The van der Waals surface area contributed by atoms with Crippen molar-refractivity contribution in [3.8, 4) is 0 Å². The van der Waals surface area contributed by atoms with Gasteiger partial charge in [-0.15, -0.1) is 0 Å². The monoisotopic (exact) mass is 274 g/mol. The smallest absolute Gasteiger partial charge is 0.269 e. The number of para-hydroxylation sites is 1. The van der Waals surface area contributed by atoms with E-state index in [1.54, 1.807) is 6.07 Å². The van der Waals surface area contributed by atoms with Crippen LogP contribution >= 0.6 is 11.6 Å². The number of pyridine rings is 1. The molecule has 0 radical (unpaired) electrons. The molecule has 3 rings (SSSR count). The minimum atomic E-state index is -0.145. The van der Waals surface area contributed by atoms with Gasteiger partial charge in [-0.25, -0.2) is 4.98 Å². The predicted octanol–water partition coefficient (Wildman–Crippen LogP) is 3.42. The number of carbonyl (C=O) groups is 1. The Morgan fingerprint density at radius 1 is 1.37 bits per heavy atom. The van der Waals surface area contributed by atoms with Crippen molar-refractivity contribution in [2.24, 2.45) is 5.92 Å². The van der Waals surface area contributed by atoms with Gasteiger partial charge in [-0.1, -0.05) is 42.6 Å². The standard InChI is InChI=1S/C15H15ClN2O/c16-12-9-14(15(19)17-8-7-10-5-6-10)18-13-4-2-1-3-11(12)13/h1-4,9-10H,5-8H2,(H,17,19). The van der Waals surface area contributed by atoms with Crippen LogP contribution in [-0.4, -0.2) is 17.4 Å². The van der Waals surface area contributed by atoms with Crippen molar-refractivity contribution in [2.45, 2.75) is 19.3 Å². The summed E-state index contributed by atoms with van der Waals surface area (Å²) in [6.07, 6.45) is 3.67. The van der Waals surface area contributed by atoms with E-state index in [4.69, 9.17) is 11.6 Å². The van der Waals surface area contributed by atoms with Gasteiger partial charge in [0.2, 0.25) is 0 Å². The summed E-state index contributed by atoms with van der Waals surface area (Å²) < 4.78 is 0. The van der Waals surface area contributed by atoms with E-state index in [9.17, 15) is 4.79 Å². The van der Waals surface area contributed by atoms with Gasteiger partial charge in [0.25, 0.3) is 5.91 Å². The first-order valence-corrected chi connectivity index (χ1v) is 6.95. The molecule has 0 spiro atoms. The Kier molecular flexibility index (Phi) is 3.38. The Balaban J connectivity index is 1.77. The van der Waals surface area contributed by atoms with E-state index in [0.717, 1.165) is 29.8 Å². The first kappa shape index (κ1) is 12.4. The van der Waals surface area contributed by atoms with Gasteiger partial charge in [0, 0.05) is 11.9 Å². The number of aromatic nitrogens is 1. The Morgan fingerprint density at radius 3 is 2.95 bits per heavy atom. The molecule has 1 aliphatic carbocycles. The van der Waals surface area contributed by atoms with Crippen molar-refractivity contribution in [1.82, 2.24) is 10.3 Å². The molecule has 0 saturated heterocycles. The van der Waals surface area contributed by atoms with E-state index >= 15 is 0 Å². The quantitative estimate of drug-likeness (QED) is 0.928. The van der Waals surface area contributed by atoms with Crippen molar-refractivity contribution in [1.29, 1.82) is 0 Å². The lowest BCUT2D eigenvalue weighted by molar-refractivity contribution is 0.0948. The Morgan fingerprint density at radius 2 is 2.16 bits per heavy atom. The van der Waals surface area contributed by atoms with E-state index in [1.807, 2.05) is 24.3 Å². The van der Waals surface area contributed by atoms with Gasteiger partial charge in [-0.2, -0.15) is 0 Å². The lowest BCUT2D eigenvalue weighted by Gasteiger charge is -2.06. The highest BCUT2D eigenvalue weighted by Gasteiger charge is 2.21. The maximum Gasteiger partial charge on any atom is 0.269 e.